The Balaban J connectivity index is 2.41. The lowest BCUT2D eigenvalue weighted by molar-refractivity contribution is -0.206. The Hall–Kier alpha value is -3.66. The van der Waals surface area contributed by atoms with E-state index in [1.807, 2.05) is 30.5 Å². The average molecular weight is 574 g/mol. The van der Waals surface area contributed by atoms with Gasteiger partial charge in [-0.3, -0.25) is 19.2 Å². The lowest BCUT2D eigenvalue weighted by Crippen LogP contribution is -2.56. The van der Waals surface area contributed by atoms with E-state index in [1.165, 1.54) is 13.0 Å². The number of allylic oxidation sites excluding steroid dienone is 1. The summed E-state index contributed by atoms with van der Waals surface area (Å²) >= 11 is 0. The number of H-pyrrole nitrogens is 1. The number of hydrogen-bond donors (Lipinski definition) is 2. The molecule has 0 aliphatic heterocycles. The molecule has 0 radical (unpaired) electrons. The summed E-state index contributed by atoms with van der Waals surface area (Å²) in [5.74, 6) is -2.63. The smallest absolute Gasteiger partial charge is 0.311 e. The maximum atomic E-state index is 13.1. The summed E-state index contributed by atoms with van der Waals surface area (Å²) in [4.78, 5) is 54.2. The van der Waals surface area contributed by atoms with E-state index >= 15 is 0 Å². The number of aromatic amines is 1. The summed E-state index contributed by atoms with van der Waals surface area (Å²) in [7, 11) is 0. The number of aliphatic hydroxyl groups excluding tert-OH is 1. The van der Waals surface area contributed by atoms with Crippen molar-refractivity contribution in [3.8, 4) is 0 Å². The molecule has 3 atom stereocenters. The highest BCUT2D eigenvalue weighted by molar-refractivity contribution is 5.83. The summed E-state index contributed by atoms with van der Waals surface area (Å²) in [6, 6.07) is 7.73. The molecule has 41 heavy (non-hydrogen) atoms. The van der Waals surface area contributed by atoms with Gasteiger partial charge in [0.1, 0.15) is 0 Å². The lowest BCUT2D eigenvalue weighted by Gasteiger charge is -2.40. The van der Waals surface area contributed by atoms with Crippen LogP contribution in [0.25, 0.3) is 10.9 Å². The van der Waals surface area contributed by atoms with Gasteiger partial charge in [0.05, 0.1) is 13.0 Å². The van der Waals surface area contributed by atoms with Crippen LogP contribution in [0.1, 0.15) is 85.1 Å². The van der Waals surface area contributed by atoms with Crippen molar-refractivity contribution >= 4 is 34.8 Å². The SMILES string of the molecule is C/C=C(\OC(=O)CCc1c[nH]c2ccccc12)C(C)(OC(=O)CCC)[C@@H](OC(=O)CCC)[C@H](CO)OC(=O)CCC. The van der Waals surface area contributed by atoms with Crippen LogP contribution in [0.15, 0.2) is 42.3 Å². The second-order valence-corrected chi connectivity index (χ2v) is 9.94. The number of para-hydroxylation sites is 1. The average Bonchev–Trinajstić information content (AvgIpc) is 3.35. The molecule has 0 spiro atoms. The number of esters is 4. The topological polar surface area (TPSA) is 141 Å². The maximum Gasteiger partial charge on any atom is 0.311 e. The minimum atomic E-state index is -1.90. The molecule has 1 unspecified atom stereocenters. The molecule has 0 aliphatic rings. The van der Waals surface area contributed by atoms with Gasteiger partial charge in [0.15, 0.2) is 18.0 Å². The van der Waals surface area contributed by atoms with Crippen LogP contribution in [0.5, 0.6) is 0 Å². The number of rotatable bonds is 17. The second-order valence-electron chi connectivity index (χ2n) is 9.94. The second kappa shape index (κ2) is 16.6. The number of fused-ring (bicyclic) bond motifs is 1. The molecular weight excluding hydrogens is 530 g/mol. The fourth-order valence-electron chi connectivity index (χ4n) is 4.51. The van der Waals surface area contributed by atoms with E-state index in [2.05, 4.69) is 4.98 Å². The molecule has 1 aromatic heterocycles. The first-order chi connectivity index (χ1) is 19.6. The number of aryl methyl sites for hydroxylation is 1. The first kappa shape index (κ1) is 33.5. The van der Waals surface area contributed by atoms with Crippen LogP contribution in [0.3, 0.4) is 0 Å². The molecular formula is C31H43NO9. The lowest BCUT2D eigenvalue weighted by atomic mass is 9.90. The highest BCUT2D eigenvalue weighted by Crippen LogP contribution is 2.34. The van der Waals surface area contributed by atoms with Crippen LogP contribution in [-0.2, 0) is 44.5 Å². The molecule has 0 amide bonds. The van der Waals surface area contributed by atoms with Gasteiger partial charge in [0.25, 0.3) is 0 Å². The van der Waals surface area contributed by atoms with Crippen molar-refractivity contribution in [2.75, 3.05) is 6.61 Å². The van der Waals surface area contributed by atoms with E-state index in [9.17, 15) is 24.3 Å². The van der Waals surface area contributed by atoms with Gasteiger partial charge in [-0.2, -0.15) is 0 Å². The van der Waals surface area contributed by atoms with E-state index in [0.717, 1.165) is 16.5 Å². The van der Waals surface area contributed by atoms with E-state index in [1.54, 1.807) is 27.7 Å². The number of aromatic nitrogens is 1. The van der Waals surface area contributed by atoms with Crippen LogP contribution in [0.4, 0.5) is 0 Å². The van der Waals surface area contributed by atoms with Crippen molar-refractivity contribution in [2.45, 2.75) is 104 Å². The third kappa shape index (κ3) is 9.45. The zero-order chi connectivity index (χ0) is 30.4. The van der Waals surface area contributed by atoms with E-state index in [-0.39, 0.29) is 31.4 Å². The monoisotopic (exact) mass is 573 g/mol. The van der Waals surface area contributed by atoms with Gasteiger partial charge >= 0.3 is 23.9 Å². The molecule has 2 aromatic rings. The quantitative estimate of drug-likeness (QED) is 0.151. The van der Waals surface area contributed by atoms with Crippen molar-refractivity contribution in [1.29, 1.82) is 0 Å². The Morgan fingerprint density at radius 2 is 1.51 bits per heavy atom. The van der Waals surface area contributed by atoms with Crippen molar-refractivity contribution in [2.24, 2.45) is 0 Å². The minimum absolute atomic E-state index is 0.00732. The molecule has 0 bridgehead atoms. The molecule has 10 nitrogen and oxygen atoms in total. The number of carbonyl (C=O) groups is 4. The van der Waals surface area contributed by atoms with Crippen molar-refractivity contribution in [1.82, 2.24) is 4.98 Å². The first-order valence-electron chi connectivity index (χ1n) is 14.3. The molecule has 226 valence electrons. The van der Waals surface area contributed by atoms with Gasteiger partial charge < -0.3 is 29.0 Å². The number of benzene rings is 1. The van der Waals surface area contributed by atoms with Crippen LogP contribution < -0.4 is 0 Å². The Bertz CT molecular complexity index is 1200. The molecule has 2 N–H and O–H groups in total. The van der Waals surface area contributed by atoms with Gasteiger partial charge in [0.2, 0.25) is 5.60 Å². The number of carbonyl (C=O) groups excluding carboxylic acids is 4. The van der Waals surface area contributed by atoms with Crippen LogP contribution in [0.2, 0.25) is 0 Å². The first-order valence-corrected chi connectivity index (χ1v) is 14.3. The van der Waals surface area contributed by atoms with Crippen LogP contribution >= 0.6 is 0 Å². The van der Waals surface area contributed by atoms with Crippen molar-refractivity contribution in [3.63, 3.8) is 0 Å². The Labute approximate surface area is 241 Å². The highest BCUT2D eigenvalue weighted by atomic mass is 16.6. The summed E-state index contributed by atoms with van der Waals surface area (Å²) in [6.07, 6.45) is 2.35. The number of nitrogens with one attached hydrogen (secondary N) is 1. The van der Waals surface area contributed by atoms with Gasteiger partial charge in [-0.25, -0.2) is 0 Å². The number of aliphatic hydroxyl groups is 1. The largest absolute Gasteiger partial charge is 0.456 e. The van der Waals surface area contributed by atoms with Crippen molar-refractivity contribution < 1.29 is 43.2 Å². The molecule has 0 saturated heterocycles. The van der Waals surface area contributed by atoms with E-state index in [4.69, 9.17) is 18.9 Å². The zero-order valence-electron chi connectivity index (χ0n) is 24.7. The van der Waals surface area contributed by atoms with E-state index < -0.39 is 48.3 Å². The van der Waals surface area contributed by atoms with Crippen LogP contribution in [0, 0.1) is 0 Å². The highest BCUT2D eigenvalue weighted by Gasteiger charge is 2.51. The van der Waals surface area contributed by atoms with Gasteiger partial charge in [0, 0.05) is 36.4 Å². The molecule has 1 heterocycles. The summed E-state index contributed by atoms with van der Waals surface area (Å²) in [5.41, 5.74) is -0.0168. The Kier molecular flexibility index (Phi) is 13.6. The predicted octanol–water partition coefficient (Wildman–Crippen LogP) is 5.07. The van der Waals surface area contributed by atoms with Crippen LogP contribution in [-0.4, -0.2) is 58.4 Å². The number of hydrogen-bond acceptors (Lipinski definition) is 9. The molecule has 1 aromatic carbocycles. The zero-order valence-corrected chi connectivity index (χ0v) is 24.7. The van der Waals surface area contributed by atoms with E-state index in [0.29, 0.717) is 25.7 Å². The standard InChI is InChI=1S/C31H43NO9/c1-6-12-26(34)38-24(20-33)30(40-27(35)13-7-2)31(5,41-29(37)14-8-3)25(9-4)39-28(36)18-17-21-19-32-23-16-11-10-15-22(21)23/h9-11,15-16,19,24,30,32-33H,6-8,12-14,17-18,20H2,1-5H3/b25-9-/t24-,30-,31?/m0/s1. The van der Waals surface area contributed by atoms with Gasteiger partial charge in [-0.1, -0.05) is 39.0 Å². The Morgan fingerprint density at radius 3 is 2.12 bits per heavy atom. The predicted molar refractivity (Wildman–Crippen MR) is 153 cm³/mol. The van der Waals surface area contributed by atoms with Gasteiger partial charge in [-0.05, 0) is 57.2 Å². The summed E-state index contributed by atoms with van der Waals surface area (Å²) < 4.78 is 22.8. The maximum absolute atomic E-state index is 13.1. The Morgan fingerprint density at radius 1 is 0.902 bits per heavy atom. The molecule has 10 heteroatoms. The van der Waals surface area contributed by atoms with Crippen molar-refractivity contribution in [3.05, 3.63) is 47.9 Å². The molecule has 0 saturated carbocycles. The summed E-state index contributed by atoms with van der Waals surface area (Å²) in [5, 5.41) is 11.2. The molecule has 2 rings (SSSR count). The fraction of sp³-hybridized carbons (Fsp3) is 0.548. The molecule has 0 fully saturated rings. The minimum Gasteiger partial charge on any atom is -0.456 e. The summed E-state index contributed by atoms with van der Waals surface area (Å²) in [6.45, 7) is 7.64. The number of ether oxygens (including phenoxy) is 4. The third-order valence-electron chi connectivity index (χ3n) is 6.54. The van der Waals surface area contributed by atoms with Gasteiger partial charge in [-0.15, -0.1) is 0 Å². The molecule has 0 aliphatic carbocycles. The fourth-order valence-corrected chi connectivity index (χ4v) is 4.51. The normalized spacial score (nSPS) is 14.5. The third-order valence-corrected chi connectivity index (χ3v) is 6.54.